The smallest absolute Gasteiger partial charge is 0.0849 e. The number of aliphatic hydroxyl groups excluding tert-OH is 2. The van der Waals surface area contributed by atoms with E-state index in [9.17, 15) is 10.2 Å². The van der Waals surface area contributed by atoms with E-state index in [1.165, 1.54) is 0 Å². The average molecular weight is 422 g/mol. The minimum absolute atomic E-state index is 0.113. The molecule has 0 bridgehead atoms. The van der Waals surface area contributed by atoms with Crippen molar-refractivity contribution in [2.24, 2.45) is 11.8 Å². The largest absolute Gasteiger partial charge is 0.390 e. The second kappa shape index (κ2) is 11.4. The topological polar surface area (TPSA) is 52.9 Å². The lowest BCUT2D eigenvalue weighted by molar-refractivity contribution is -0.207. The second-order valence-corrected chi connectivity index (χ2v) is 8.41. The summed E-state index contributed by atoms with van der Waals surface area (Å²) in [6.45, 7) is 7.90. The van der Waals surface area contributed by atoms with Crippen LogP contribution in [0, 0.1) is 11.8 Å². The molecular weight excluding hydrogens is 386 g/mol. The van der Waals surface area contributed by atoms with Gasteiger partial charge in [-0.1, -0.05) is 72.8 Å². The second-order valence-electron chi connectivity index (χ2n) is 8.41. The summed E-state index contributed by atoms with van der Waals surface area (Å²) in [7, 11) is 1.68. The predicted molar refractivity (Wildman–Crippen MR) is 125 cm³/mol. The minimum Gasteiger partial charge on any atom is -0.390 e. The van der Waals surface area contributed by atoms with Gasteiger partial charge >= 0.3 is 0 Å². The van der Waals surface area contributed by atoms with Gasteiger partial charge in [-0.3, -0.25) is 0 Å². The molecule has 2 aromatic rings. The molecule has 6 atom stereocenters. The van der Waals surface area contributed by atoms with E-state index >= 15 is 0 Å². The maximum Gasteiger partial charge on any atom is 0.0849 e. The Labute approximate surface area is 186 Å². The highest BCUT2D eigenvalue weighted by Crippen LogP contribution is 2.38. The van der Waals surface area contributed by atoms with Crippen LogP contribution in [0.1, 0.15) is 24.0 Å². The molecule has 1 aliphatic heterocycles. The van der Waals surface area contributed by atoms with Gasteiger partial charge in [0, 0.05) is 23.9 Å². The summed E-state index contributed by atoms with van der Waals surface area (Å²) in [5.41, 5.74) is 2.26. The molecule has 0 saturated carbocycles. The summed E-state index contributed by atoms with van der Waals surface area (Å²) in [4.78, 5) is 5.95. The number of rotatable bonds is 9. The fourth-order valence-corrected chi connectivity index (χ4v) is 5.04. The molecule has 4 heteroatoms. The molecular formula is C27H35NO3. The third kappa shape index (κ3) is 5.52. The molecule has 6 unspecified atom stereocenters. The van der Waals surface area contributed by atoms with Gasteiger partial charge in [0.05, 0.1) is 19.3 Å². The summed E-state index contributed by atoms with van der Waals surface area (Å²) in [5, 5.41) is 24.9. The van der Waals surface area contributed by atoms with Crippen molar-refractivity contribution in [1.82, 2.24) is 5.06 Å². The van der Waals surface area contributed by atoms with Crippen molar-refractivity contribution in [3.05, 3.63) is 97.1 Å². The molecule has 2 aromatic carbocycles. The fourth-order valence-electron chi connectivity index (χ4n) is 5.04. The van der Waals surface area contributed by atoms with Gasteiger partial charge in [0.25, 0.3) is 0 Å². The van der Waals surface area contributed by atoms with Crippen LogP contribution in [0.2, 0.25) is 0 Å². The van der Waals surface area contributed by atoms with Gasteiger partial charge in [-0.15, -0.1) is 13.2 Å². The lowest BCUT2D eigenvalue weighted by Crippen LogP contribution is -2.48. The molecule has 1 aliphatic rings. The number of nitrogens with zero attached hydrogens (tertiary/aromatic N) is 1. The van der Waals surface area contributed by atoms with Crippen LogP contribution >= 0.6 is 0 Å². The summed E-state index contributed by atoms with van der Waals surface area (Å²) in [6.07, 6.45) is 4.58. The number of benzene rings is 2. The first-order valence-corrected chi connectivity index (χ1v) is 11.1. The van der Waals surface area contributed by atoms with E-state index in [0.717, 1.165) is 11.1 Å². The highest BCUT2D eigenvalue weighted by Gasteiger charge is 2.48. The lowest BCUT2D eigenvalue weighted by atomic mass is 9.80. The molecule has 0 radical (unpaired) electrons. The van der Waals surface area contributed by atoms with Crippen LogP contribution in [0.5, 0.6) is 0 Å². The molecule has 3 rings (SSSR count). The van der Waals surface area contributed by atoms with Crippen LogP contribution < -0.4 is 0 Å². The highest BCUT2D eigenvalue weighted by atomic mass is 16.7. The summed E-state index contributed by atoms with van der Waals surface area (Å²) in [6, 6.07) is 20.0. The Morgan fingerprint density at radius 1 is 0.774 bits per heavy atom. The van der Waals surface area contributed by atoms with Crippen LogP contribution in [0.4, 0.5) is 0 Å². The number of hydrogen-bond donors (Lipinski definition) is 2. The maximum absolute atomic E-state index is 11.4. The molecule has 0 aromatic heterocycles. The Morgan fingerprint density at radius 2 is 1.16 bits per heavy atom. The third-order valence-electron chi connectivity index (χ3n) is 6.53. The van der Waals surface area contributed by atoms with E-state index < -0.39 is 12.2 Å². The first-order chi connectivity index (χ1) is 15.1. The van der Waals surface area contributed by atoms with E-state index in [1.54, 1.807) is 7.11 Å². The number of hydroxylamine groups is 2. The Kier molecular flexibility index (Phi) is 8.61. The van der Waals surface area contributed by atoms with Crippen molar-refractivity contribution in [2.45, 2.75) is 50.0 Å². The first-order valence-electron chi connectivity index (χ1n) is 11.1. The average Bonchev–Trinajstić information content (AvgIpc) is 2.87. The number of aliphatic hydroxyl groups is 2. The predicted octanol–water partition coefficient (Wildman–Crippen LogP) is 4.19. The quantitative estimate of drug-likeness (QED) is 0.596. The maximum atomic E-state index is 11.4. The molecule has 0 amide bonds. The molecule has 0 aliphatic carbocycles. The van der Waals surface area contributed by atoms with Gasteiger partial charge in [0.2, 0.25) is 0 Å². The van der Waals surface area contributed by atoms with Crippen molar-refractivity contribution in [2.75, 3.05) is 7.11 Å². The van der Waals surface area contributed by atoms with E-state index in [2.05, 4.69) is 37.4 Å². The zero-order chi connectivity index (χ0) is 22.2. The van der Waals surface area contributed by atoms with Gasteiger partial charge in [0.15, 0.2) is 0 Å². The van der Waals surface area contributed by atoms with Gasteiger partial charge in [0.1, 0.15) is 0 Å². The Hall–Kier alpha value is -2.24. The SMILES string of the molecule is C=CCC1C(Cc2ccccc2)C(O)C(O)C(Cc2ccccc2)C(CC=C)N1OC. The lowest BCUT2D eigenvalue weighted by Gasteiger charge is -2.39. The van der Waals surface area contributed by atoms with Crippen molar-refractivity contribution >= 4 is 0 Å². The van der Waals surface area contributed by atoms with E-state index in [1.807, 2.05) is 53.6 Å². The first kappa shape index (κ1) is 23.4. The monoisotopic (exact) mass is 421 g/mol. The third-order valence-corrected chi connectivity index (χ3v) is 6.53. The molecule has 31 heavy (non-hydrogen) atoms. The number of hydrogen-bond acceptors (Lipinski definition) is 4. The molecule has 4 nitrogen and oxygen atoms in total. The summed E-state index contributed by atoms with van der Waals surface area (Å²) >= 11 is 0. The Morgan fingerprint density at radius 3 is 1.48 bits per heavy atom. The van der Waals surface area contributed by atoms with Crippen molar-refractivity contribution < 1.29 is 15.1 Å². The van der Waals surface area contributed by atoms with Crippen molar-refractivity contribution in [3.63, 3.8) is 0 Å². The molecule has 166 valence electrons. The van der Waals surface area contributed by atoms with Crippen LogP contribution in [0.3, 0.4) is 0 Å². The summed E-state index contributed by atoms with van der Waals surface area (Å²) in [5.74, 6) is -0.410. The van der Waals surface area contributed by atoms with Crippen molar-refractivity contribution in [1.29, 1.82) is 0 Å². The van der Waals surface area contributed by atoms with Gasteiger partial charge in [-0.2, -0.15) is 5.06 Å². The standard InChI is InChI=1S/C27H35NO3/c1-4-12-24-22(18-20-14-8-6-9-15-20)26(29)27(30)23(19-21-16-10-7-11-17-21)25(13-5-2)28(24)31-3/h4-11,14-17,22-27,29-30H,1-2,12-13,18-19H2,3H3. The van der Waals surface area contributed by atoms with E-state index in [0.29, 0.717) is 25.7 Å². The Bertz CT molecular complexity index is 742. The molecule has 1 fully saturated rings. The molecule has 0 spiro atoms. The molecule has 2 N–H and O–H groups in total. The van der Waals surface area contributed by atoms with Crippen molar-refractivity contribution in [3.8, 4) is 0 Å². The minimum atomic E-state index is -0.883. The highest BCUT2D eigenvalue weighted by molar-refractivity contribution is 5.19. The summed E-state index contributed by atoms with van der Waals surface area (Å²) < 4.78 is 0. The van der Waals surface area contributed by atoms with Crippen LogP contribution in [-0.2, 0) is 17.7 Å². The van der Waals surface area contributed by atoms with Gasteiger partial charge in [-0.05, 0) is 36.8 Å². The molecule has 1 heterocycles. The van der Waals surface area contributed by atoms with E-state index in [-0.39, 0.29) is 23.9 Å². The van der Waals surface area contributed by atoms with Gasteiger partial charge < -0.3 is 15.1 Å². The van der Waals surface area contributed by atoms with E-state index in [4.69, 9.17) is 4.84 Å². The zero-order valence-corrected chi connectivity index (χ0v) is 18.4. The Balaban J connectivity index is 2.02. The van der Waals surface area contributed by atoms with Crippen LogP contribution in [0.25, 0.3) is 0 Å². The van der Waals surface area contributed by atoms with Crippen LogP contribution in [-0.4, -0.2) is 46.7 Å². The zero-order valence-electron chi connectivity index (χ0n) is 18.4. The van der Waals surface area contributed by atoms with Crippen LogP contribution in [0.15, 0.2) is 86.0 Å². The normalized spacial score (nSPS) is 29.3. The molecule has 1 saturated heterocycles. The fraction of sp³-hybridized carbons (Fsp3) is 0.407. The van der Waals surface area contributed by atoms with Gasteiger partial charge in [-0.25, -0.2) is 0 Å².